The first kappa shape index (κ1) is 17.9. The highest BCUT2D eigenvalue weighted by Gasteiger charge is 2.34. The van der Waals surface area contributed by atoms with Crippen molar-refractivity contribution in [2.45, 2.75) is 31.7 Å². The molecule has 2 aliphatic rings. The van der Waals surface area contributed by atoms with Crippen LogP contribution in [0.2, 0.25) is 5.02 Å². The Morgan fingerprint density at radius 3 is 3.11 bits per heavy atom. The molecule has 9 heteroatoms. The van der Waals surface area contributed by atoms with Crippen molar-refractivity contribution in [3.8, 4) is 0 Å². The van der Waals surface area contributed by atoms with Crippen LogP contribution in [0.3, 0.4) is 0 Å². The zero-order chi connectivity index (χ0) is 19.0. The van der Waals surface area contributed by atoms with Gasteiger partial charge in [0.2, 0.25) is 5.91 Å². The first-order valence-corrected chi connectivity index (χ1v) is 9.42. The highest BCUT2D eigenvalue weighted by Crippen LogP contribution is 2.36. The van der Waals surface area contributed by atoms with Crippen molar-refractivity contribution in [2.24, 2.45) is 0 Å². The molecule has 2 atom stereocenters. The maximum atomic E-state index is 14.5. The van der Waals surface area contributed by atoms with Crippen molar-refractivity contribution in [3.63, 3.8) is 0 Å². The first-order chi connectivity index (χ1) is 13.1. The summed E-state index contributed by atoms with van der Waals surface area (Å²) in [5, 5.41) is 6.55. The van der Waals surface area contributed by atoms with Crippen LogP contribution in [0.25, 0.3) is 0 Å². The molecule has 0 aliphatic carbocycles. The third-order valence-electron chi connectivity index (χ3n) is 4.97. The lowest BCUT2D eigenvalue weighted by atomic mass is 10.0. The second-order valence-electron chi connectivity index (χ2n) is 6.67. The van der Waals surface area contributed by atoms with Gasteiger partial charge in [-0.1, -0.05) is 11.6 Å². The zero-order valence-electron chi connectivity index (χ0n) is 14.9. The lowest BCUT2D eigenvalue weighted by Crippen LogP contribution is -2.44. The van der Waals surface area contributed by atoms with E-state index in [4.69, 9.17) is 11.6 Å². The van der Waals surface area contributed by atoms with Gasteiger partial charge in [0, 0.05) is 31.4 Å². The summed E-state index contributed by atoms with van der Waals surface area (Å²) in [6.45, 7) is 3.55. The zero-order valence-corrected chi connectivity index (χ0v) is 15.6. The second kappa shape index (κ2) is 7.26. The van der Waals surface area contributed by atoms with Crippen LogP contribution in [0.4, 0.5) is 16.0 Å². The van der Waals surface area contributed by atoms with E-state index in [9.17, 15) is 9.18 Å². The Balaban J connectivity index is 1.67. The molecule has 1 fully saturated rings. The highest BCUT2D eigenvalue weighted by molar-refractivity contribution is 6.30. The van der Waals surface area contributed by atoms with Gasteiger partial charge in [0.15, 0.2) is 11.6 Å². The number of halogens is 2. The van der Waals surface area contributed by atoms with E-state index in [0.29, 0.717) is 36.9 Å². The summed E-state index contributed by atoms with van der Waals surface area (Å²) in [5.74, 6) is 0.612. The SMILES string of the molecule is CCNC(=O)[C@H]1CCCN1c1nc(C2CNc3ncc(Cl)cc32)ncc1F. The van der Waals surface area contributed by atoms with Gasteiger partial charge in [0.1, 0.15) is 17.7 Å². The number of aromatic nitrogens is 3. The second-order valence-corrected chi connectivity index (χ2v) is 7.11. The molecule has 2 aromatic heterocycles. The van der Waals surface area contributed by atoms with E-state index in [1.165, 1.54) is 6.20 Å². The highest BCUT2D eigenvalue weighted by atomic mass is 35.5. The minimum Gasteiger partial charge on any atom is -0.369 e. The summed E-state index contributed by atoms with van der Waals surface area (Å²) in [4.78, 5) is 27.1. The molecule has 0 aromatic carbocycles. The smallest absolute Gasteiger partial charge is 0.242 e. The minimum absolute atomic E-state index is 0.0987. The lowest BCUT2D eigenvalue weighted by Gasteiger charge is -2.25. The van der Waals surface area contributed by atoms with Gasteiger partial charge in [0.05, 0.1) is 17.1 Å². The Morgan fingerprint density at radius 2 is 2.30 bits per heavy atom. The van der Waals surface area contributed by atoms with Crippen molar-refractivity contribution in [2.75, 3.05) is 29.9 Å². The molecule has 0 radical (unpaired) electrons. The predicted octanol–water partition coefficient (Wildman–Crippen LogP) is 2.33. The number of anilines is 2. The largest absolute Gasteiger partial charge is 0.369 e. The van der Waals surface area contributed by atoms with Crippen molar-refractivity contribution in [1.29, 1.82) is 0 Å². The third-order valence-corrected chi connectivity index (χ3v) is 5.17. The Labute approximate surface area is 161 Å². The summed E-state index contributed by atoms with van der Waals surface area (Å²) in [6, 6.07) is 1.42. The number of likely N-dealkylation sites (N-methyl/N-ethyl adjacent to an activating group) is 1. The molecule has 1 unspecified atom stereocenters. The van der Waals surface area contributed by atoms with E-state index in [0.717, 1.165) is 17.8 Å². The number of amides is 1. The van der Waals surface area contributed by atoms with E-state index in [-0.39, 0.29) is 17.6 Å². The number of nitrogens with one attached hydrogen (secondary N) is 2. The Kier molecular flexibility index (Phi) is 4.82. The van der Waals surface area contributed by atoms with Crippen LogP contribution >= 0.6 is 11.6 Å². The molecule has 0 bridgehead atoms. The van der Waals surface area contributed by atoms with Crippen molar-refractivity contribution < 1.29 is 9.18 Å². The van der Waals surface area contributed by atoms with Crippen LogP contribution in [-0.4, -0.2) is 46.5 Å². The molecule has 27 heavy (non-hydrogen) atoms. The van der Waals surface area contributed by atoms with E-state index >= 15 is 0 Å². The summed E-state index contributed by atoms with van der Waals surface area (Å²) < 4.78 is 14.5. The minimum atomic E-state index is -0.523. The fraction of sp³-hybridized carbons (Fsp3) is 0.444. The molecule has 7 nitrogen and oxygen atoms in total. The maximum absolute atomic E-state index is 14.5. The quantitative estimate of drug-likeness (QED) is 0.833. The Bertz CT molecular complexity index is 879. The molecule has 0 spiro atoms. The van der Waals surface area contributed by atoms with Crippen molar-refractivity contribution >= 4 is 29.1 Å². The van der Waals surface area contributed by atoms with E-state index < -0.39 is 11.9 Å². The molecule has 2 aromatic rings. The average molecular weight is 391 g/mol. The predicted molar refractivity (Wildman–Crippen MR) is 101 cm³/mol. The Hall–Kier alpha value is -2.48. The summed E-state index contributed by atoms with van der Waals surface area (Å²) in [7, 11) is 0. The van der Waals surface area contributed by atoms with Gasteiger partial charge in [0.25, 0.3) is 0 Å². The van der Waals surface area contributed by atoms with Gasteiger partial charge in [-0.15, -0.1) is 0 Å². The summed E-state index contributed by atoms with van der Waals surface area (Å²) >= 11 is 6.08. The molecule has 1 amide bonds. The van der Waals surface area contributed by atoms with Gasteiger partial charge in [-0.05, 0) is 25.8 Å². The molecule has 2 N–H and O–H groups in total. The fourth-order valence-corrected chi connectivity index (χ4v) is 3.90. The van der Waals surface area contributed by atoms with Crippen molar-refractivity contribution in [3.05, 3.63) is 40.7 Å². The first-order valence-electron chi connectivity index (χ1n) is 9.04. The fourth-order valence-electron chi connectivity index (χ4n) is 3.73. The molecule has 4 rings (SSSR count). The van der Waals surface area contributed by atoms with Gasteiger partial charge in [-0.3, -0.25) is 4.79 Å². The number of fused-ring (bicyclic) bond motifs is 1. The van der Waals surface area contributed by atoms with Gasteiger partial charge in [-0.2, -0.15) is 0 Å². The van der Waals surface area contributed by atoms with Crippen LogP contribution in [0, 0.1) is 5.82 Å². The molecular weight excluding hydrogens is 371 g/mol. The van der Waals surface area contributed by atoms with Crippen LogP contribution < -0.4 is 15.5 Å². The van der Waals surface area contributed by atoms with Gasteiger partial charge < -0.3 is 15.5 Å². The van der Waals surface area contributed by atoms with Crippen LogP contribution in [0.5, 0.6) is 0 Å². The third kappa shape index (κ3) is 3.29. The van der Waals surface area contributed by atoms with E-state index in [1.807, 2.05) is 13.0 Å². The van der Waals surface area contributed by atoms with E-state index in [1.54, 1.807) is 11.1 Å². The van der Waals surface area contributed by atoms with Crippen LogP contribution in [0.1, 0.15) is 37.1 Å². The van der Waals surface area contributed by atoms with Crippen molar-refractivity contribution in [1.82, 2.24) is 20.3 Å². The molecule has 0 saturated carbocycles. The number of carbonyl (C=O) groups is 1. The summed E-state index contributed by atoms with van der Waals surface area (Å²) in [5.41, 5.74) is 0.891. The summed E-state index contributed by atoms with van der Waals surface area (Å²) in [6.07, 6.45) is 4.25. The number of pyridine rings is 1. The molecule has 2 aliphatic heterocycles. The molecular formula is C18H20ClFN6O. The van der Waals surface area contributed by atoms with Crippen LogP contribution in [0.15, 0.2) is 18.5 Å². The topological polar surface area (TPSA) is 83.0 Å². The average Bonchev–Trinajstić information content (AvgIpc) is 3.29. The number of carbonyl (C=O) groups excluding carboxylic acids is 1. The van der Waals surface area contributed by atoms with E-state index in [2.05, 4.69) is 25.6 Å². The number of hydrogen-bond donors (Lipinski definition) is 2. The molecule has 1 saturated heterocycles. The lowest BCUT2D eigenvalue weighted by molar-refractivity contribution is -0.122. The maximum Gasteiger partial charge on any atom is 0.242 e. The molecule has 4 heterocycles. The normalized spacial score (nSPS) is 21.1. The number of hydrogen-bond acceptors (Lipinski definition) is 6. The standard InChI is InChI=1S/C18H20ClFN6O/c1-2-21-18(27)14-4-3-5-26(14)17-13(20)9-24-16(25-17)12-8-23-15-11(12)6-10(19)7-22-15/h6-7,9,12,14H,2-5,8H2,1H3,(H,21,27)(H,22,23)/t12?,14-/m1/s1. The molecule has 142 valence electrons. The Morgan fingerprint density at radius 1 is 1.44 bits per heavy atom. The van der Waals surface area contributed by atoms with Gasteiger partial charge >= 0.3 is 0 Å². The number of rotatable bonds is 4. The monoisotopic (exact) mass is 390 g/mol. The van der Waals surface area contributed by atoms with Crippen LogP contribution in [-0.2, 0) is 4.79 Å². The number of nitrogens with zero attached hydrogens (tertiary/aromatic N) is 4. The van der Waals surface area contributed by atoms with Gasteiger partial charge in [-0.25, -0.2) is 19.3 Å².